The van der Waals surface area contributed by atoms with Gasteiger partial charge in [0.2, 0.25) is 0 Å². The molecule has 5 heteroatoms. The summed E-state index contributed by atoms with van der Waals surface area (Å²) in [5.41, 5.74) is 5.49. The molecule has 0 aromatic heterocycles. The van der Waals surface area contributed by atoms with Gasteiger partial charge in [-0.2, -0.15) is 0 Å². The van der Waals surface area contributed by atoms with Gasteiger partial charge in [0.1, 0.15) is 18.1 Å². The standard InChI is InChI=1S/C32H32N2O3/c1-36-28-20-16-27(17-21-28)33-32(35)34(31-13-7-11-26-10-5-6-12-30(26)31)22-24-14-18-29(19-15-24)37-23-25-8-3-2-4-9-25/h2-6,8-10,12,14-21,31H,7,11,13,22-23H2,1H3,(H,33,35). The van der Waals surface area contributed by atoms with Crippen LogP contribution in [0.4, 0.5) is 10.5 Å². The number of hydrogen-bond acceptors (Lipinski definition) is 3. The van der Waals surface area contributed by atoms with Gasteiger partial charge in [-0.3, -0.25) is 0 Å². The Kier molecular flexibility index (Phi) is 7.70. The third-order valence-electron chi connectivity index (χ3n) is 6.84. The highest BCUT2D eigenvalue weighted by Gasteiger charge is 2.29. The number of aryl methyl sites for hydroxylation is 1. The second kappa shape index (κ2) is 11.7. The molecule has 0 bridgehead atoms. The monoisotopic (exact) mass is 492 g/mol. The molecule has 0 aliphatic heterocycles. The molecule has 1 atom stereocenters. The number of urea groups is 1. The van der Waals surface area contributed by atoms with Crippen molar-refractivity contribution in [2.24, 2.45) is 0 Å². The van der Waals surface area contributed by atoms with Gasteiger partial charge >= 0.3 is 6.03 Å². The average Bonchev–Trinajstić information content (AvgIpc) is 2.96. The number of methoxy groups -OCH3 is 1. The smallest absolute Gasteiger partial charge is 0.322 e. The van der Waals surface area contributed by atoms with Crippen LogP contribution in [0.5, 0.6) is 11.5 Å². The van der Waals surface area contributed by atoms with Gasteiger partial charge in [0.25, 0.3) is 0 Å². The van der Waals surface area contributed by atoms with Crippen molar-refractivity contribution in [3.05, 3.63) is 125 Å². The molecule has 0 fully saturated rings. The Balaban J connectivity index is 1.34. The average molecular weight is 493 g/mol. The molecule has 37 heavy (non-hydrogen) atoms. The molecular weight excluding hydrogens is 460 g/mol. The molecule has 0 radical (unpaired) electrons. The van der Waals surface area contributed by atoms with Crippen molar-refractivity contribution in [2.45, 2.75) is 38.5 Å². The van der Waals surface area contributed by atoms with Crippen LogP contribution in [0.25, 0.3) is 0 Å². The molecule has 0 saturated carbocycles. The predicted octanol–water partition coefficient (Wildman–Crippen LogP) is 7.39. The lowest BCUT2D eigenvalue weighted by atomic mass is 9.86. The number of rotatable bonds is 8. The van der Waals surface area contributed by atoms with E-state index < -0.39 is 0 Å². The molecule has 5 nitrogen and oxygen atoms in total. The minimum atomic E-state index is -0.115. The minimum Gasteiger partial charge on any atom is -0.497 e. The number of nitrogens with zero attached hydrogens (tertiary/aromatic N) is 1. The SMILES string of the molecule is COc1ccc(NC(=O)N(Cc2ccc(OCc3ccccc3)cc2)C2CCCc3ccccc32)cc1. The van der Waals surface area contributed by atoms with Gasteiger partial charge in [-0.05, 0) is 77.9 Å². The molecule has 4 aromatic carbocycles. The number of ether oxygens (including phenoxy) is 2. The summed E-state index contributed by atoms with van der Waals surface area (Å²) in [6.45, 7) is 1.02. The van der Waals surface area contributed by atoms with E-state index in [-0.39, 0.29) is 12.1 Å². The summed E-state index contributed by atoms with van der Waals surface area (Å²) in [6, 6.07) is 34.0. The lowest BCUT2D eigenvalue weighted by Crippen LogP contribution is -2.39. The lowest BCUT2D eigenvalue weighted by Gasteiger charge is -2.36. The van der Waals surface area contributed by atoms with Crippen LogP contribution in [0.3, 0.4) is 0 Å². The third-order valence-corrected chi connectivity index (χ3v) is 6.84. The maximum atomic E-state index is 13.7. The van der Waals surface area contributed by atoms with E-state index in [1.165, 1.54) is 11.1 Å². The summed E-state index contributed by atoms with van der Waals surface area (Å²) < 4.78 is 11.2. The van der Waals surface area contributed by atoms with Crippen molar-refractivity contribution in [1.82, 2.24) is 4.90 Å². The molecule has 1 unspecified atom stereocenters. The van der Waals surface area contributed by atoms with Gasteiger partial charge < -0.3 is 19.7 Å². The quantitative estimate of drug-likeness (QED) is 0.279. The fourth-order valence-corrected chi connectivity index (χ4v) is 4.87. The van der Waals surface area contributed by atoms with Crippen LogP contribution in [-0.4, -0.2) is 18.0 Å². The molecule has 2 amide bonds. The van der Waals surface area contributed by atoms with Gasteiger partial charge in [-0.1, -0.05) is 66.7 Å². The van der Waals surface area contributed by atoms with Gasteiger partial charge in [0, 0.05) is 12.2 Å². The first-order valence-corrected chi connectivity index (χ1v) is 12.7. The Morgan fingerprint density at radius 2 is 1.54 bits per heavy atom. The van der Waals surface area contributed by atoms with E-state index in [0.717, 1.165) is 47.6 Å². The normalized spacial score (nSPS) is 14.4. The van der Waals surface area contributed by atoms with E-state index in [1.807, 2.05) is 71.6 Å². The van der Waals surface area contributed by atoms with Crippen molar-refractivity contribution >= 4 is 11.7 Å². The zero-order chi connectivity index (χ0) is 25.5. The van der Waals surface area contributed by atoms with Crippen LogP contribution in [0, 0.1) is 0 Å². The second-order valence-corrected chi connectivity index (χ2v) is 9.31. The lowest BCUT2D eigenvalue weighted by molar-refractivity contribution is 0.175. The molecule has 0 spiro atoms. The fraction of sp³-hybridized carbons (Fsp3) is 0.219. The number of anilines is 1. The summed E-state index contributed by atoms with van der Waals surface area (Å²) in [5.74, 6) is 1.57. The number of benzene rings is 4. The third kappa shape index (κ3) is 6.12. The maximum Gasteiger partial charge on any atom is 0.322 e. The van der Waals surface area contributed by atoms with Crippen molar-refractivity contribution in [3.63, 3.8) is 0 Å². The highest BCUT2D eigenvalue weighted by Crippen LogP contribution is 2.36. The number of carbonyl (C=O) groups excluding carboxylic acids is 1. The van der Waals surface area contributed by atoms with Crippen molar-refractivity contribution in [2.75, 3.05) is 12.4 Å². The van der Waals surface area contributed by atoms with E-state index >= 15 is 0 Å². The first-order valence-electron chi connectivity index (χ1n) is 12.7. The number of carbonyl (C=O) groups is 1. The molecule has 0 saturated heterocycles. The van der Waals surface area contributed by atoms with Gasteiger partial charge in [-0.25, -0.2) is 4.79 Å². The molecule has 1 aliphatic rings. The summed E-state index contributed by atoms with van der Waals surface area (Å²) in [7, 11) is 1.63. The van der Waals surface area contributed by atoms with E-state index in [4.69, 9.17) is 9.47 Å². The van der Waals surface area contributed by atoms with Gasteiger partial charge in [0.15, 0.2) is 0 Å². The van der Waals surface area contributed by atoms with E-state index in [9.17, 15) is 4.79 Å². The highest BCUT2D eigenvalue weighted by atomic mass is 16.5. The van der Waals surface area contributed by atoms with Crippen LogP contribution in [0.1, 0.15) is 41.1 Å². The predicted molar refractivity (Wildman–Crippen MR) is 147 cm³/mol. The highest BCUT2D eigenvalue weighted by molar-refractivity contribution is 5.89. The molecule has 1 N–H and O–H groups in total. The zero-order valence-corrected chi connectivity index (χ0v) is 21.1. The van der Waals surface area contributed by atoms with Crippen LogP contribution in [0.2, 0.25) is 0 Å². The Morgan fingerprint density at radius 3 is 2.30 bits per heavy atom. The number of amides is 2. The van der Waals surface area contributed by atoms with Crippen molar-refractivity contribution in [1.29, 1.82) is 0 Å². The fourth-order valence-electron chi connectivity index (χ4n) is 4.87. The largest absolute Gasteiger partial charge is 0.497 e. The molecule has 0 heterocycles. The summed E-state index contributed by atoms with van der Waals surface area (Å²) in [4.78, 5) is 15.6. The minimum absolute atomic E-state index is 0.0113. The second-order valence-electron chi connectivity index (χ2n) is 9.31. The first-order chi connectivity index (χ1) is 18.2. The molecule has 1 aliphatic carbocycles. The Bertz CT molecular complexity index is 1300. The Morgan fingerprint density at radius 1 is 0.838 bits per heavy atom. The zero-order valence-electron chi connectivity index (χ0n) is 21.1. The molecule has 4 aromatic rings. The van der Waals surface area contributed by atoms with E-state index in [2.05, 4.69) is 41.7 Å². The van der Waals surface area contributed by atoms with Crippen LogP contribution >= 0.6 is 0 Å². The number of nitrogens with one attached hydrogen (secondary N) is 1. The van der Waals surface area contributed by atoms with Crippen molar-refractivity contribution in [3.8, 4) is 11.5 Å². The number of hydrogen-bond donors (Lipinski definition) is 1. The molecular formula is C32H32N2O3. The Labute approximate surface area is 218 Å². The summed E-state index contributed by atoms with van der Waals surface area (Å²) in [5, 5.41) is 3.10. The number of fused-ring (bicyclic) bond motifs is 1. The molecule has 5 rings (SSSR count). The summed E-state index contributed by atoms with van der Waals surface area (Å²) in [6.07, 6.45) is 3.04. The van der Waals surface area contributed by atoms with E-state index in [1.54, 1.807) is 7.11 Å². The van der Waals surface area contributed by atoms with Crippen molar-refractivity contribution < 1.29 is 14.3 Å². The first kappa shape index (κ1) is 24.4. The van der Waals surface area contributed by atoms with Crippen LogP contribution in [-0.2, 0) is 19.6 Å². The van der Waals surface area contributed by atoms with E-state index in [0.29, 0.717) is 13.2 Å². The van der Waals surface area contributed by atoms with Gasteiger partial charge in [0.05, 0.1) is 13.2 Å². The topological polar surface area (TPSA) is 50.8 Å². The molecule has 188 valence electrons. The summed E-state index contributed by atoms with van der Waals surface area (Å²) >= 11 is 0. The maximum absolute atomic E-state index is 13.7. The van der Waals surface area contributed by atoms with Gasteiger partial charge in [-0.15, -0.1) is 0 Å². The van der Waals surface area contributed by atoms with Crippen LogP contribution < -0.4 is 14.8 Å². The Hall–Kier alpha value is -4.25. The van der Waals surface area contributed by atoms with Crippen LogP contribution in [0.15, 0.2) is 103 Å².